The molecule has 0 unspecified atom stereocenters. The van der Waals surface area contributed by atoms with Gasteiger partial charge in [-0.05, 0) is 62.7 Å². The first-order valence-electron chi connectivity index (χ1n) is 13.1. The number of pyridine rings is 1. The summed E-state index contributed by atoms with van der Waals surface area (Å²) in [6, 6.07) is 10.2. The number of carbonyl (C=O) groups is 2. The fraction of sp³-hybridized carbons (Fsp3) is 0.357. The third-order valence-electron chi connectivity index (χ3n) is 6.46. The van der Waals surface area contributed by atoms with Crippen molar-refractivity contribution in [2.45, 2.75) is 39.1 Å². The Bertz CT molecular complexity index is 1600. The molecule has 1 saturated heterocycles. The van der Waals surface area contributed by atoms with E-state index in [-0.39, 0.29) is 50.2 Å². The molecule has 222 valence electrons. The number of urea groups is 1. The number of amides is 3. The van der Waals surface area contributed by atoms with Crippen LogP contribution in [0.2, 0.25) is 0 Å². The van der Waals surface area contributed by atoms with Gasteiger partial charge in [0.15, 0.2) is 0 Å². The van der Waals surface area contributed by atoms with E-state index in [1.54, 1.807) is 65.6 Å². The van der Waals surface area contributed by atoms with Crippen molar-refractivity contribution >= 4 is 23.3 Å². The van der Waals surface area contributed by atoms with E-state index in [2.05, 4.69) is 10.2 Å². The highest BCUT2D eigenvalue weighted by Crippen LogP contribution is 2.31. The van der Waals surface area contributed by atoms with Crippen molar-refractivity contribution in [1.29, 1.82) is 0 Å². The Labute approximate surface area is 238 Å². The van der Waals surface area contributed by atoms with Crippen LogP contribution in [0.4, 0.5) is 32.8 Å². The summed E-state index contributed by atoms with van der Waals surface area (Å²) in [6.07, 6.45) is -1.83. The van der Waals surface area contributed by atoms with Crippen LogP contribution in [0.15, 0.2) is 59.3 Å². The molecule has 3 aromatic heterocycles. The average molecular weight is 589 g/mol. The number of anilines is 1. The van der Waals surface area contributed by atoms with Gasteiger partial charge in [-0.25, -0.2) is 14.0 Å². The van der Waals surface area contributed by atoms with Gasteiger partial charge in [-0.3, -0.25) is 4.90 Å². The lowest BCUT2D eigenvalue weighted by molar-refractivity contribution is -0.156. The molecule has 1 aliphatic heterocycles. The lowest BCUT2D eigenvalue weighted by Crippen LogP contribution is -2.54. The zero-order valence-corrected chi connectivity index (χ0v) is 23.1. The Morgan fingerprint density at radius 2 is 1.71 bits per heavy atom. The molecule has 1 aliphatic rings. The molecule has 0 atom stereocenters. The van der Waals surface area contributed by atoms with Crippen molar-refractivity contribution in [3.05, 3.63) is 72.1 Å². The van der Waals surface area contributed by atoms with Crippen LogP contribution < -0.4 is 4.90 Å². The molecule has 0 radical (unpaired) electrons. The Balaban J connectivity index is 1.36. The third-order valence-corrected chi connectivity index (χ3v) is 6.46. The lowest BCUT2D eigenvalue weighted by atomic mass is 10.2. The SMILES string of the molecule is CC(C)(C)OC(=O)N1CCN(C(=O)N(Cc2cc3cc(-c4nnc(C(F)(F)F)o4)ccn3c2)c2cccc(F)c2)CC1. The average Bonchev–Trinajstić information content (AvgIpc) is 3.57. The van der Waals surface area contributed by atoms with E-state index in [0.29, 0.717) is 16.8 Å². The molecule has 0 aliphatic carbocycles. The van der Waals surface area contributed by atoms with Gasteiger partial charge in [-0.2, -0.15) is 13.2 Å². The van der Waals surface area contributed by atoms with Gasteiger partial charge in [0.05, 0.1) is 6.54 Å². The Kier molecular flexibility index (Phi) is 7.56. The predicted octanol–water partition coefficient (Wildman–Crippen LogP) is 5.83. The zero-order valence-electron chi connectivity index (χ0n) is 23.1. The van der Waals surface area contributed by atoms with E-state index in [1.807, 2.05) is 0 Å². The number of alkyl halides is 3. The summed E-state index contributed by atoms with van der Waals surface area (Å²) >= 11 is 0. The number of nitrogens with zero attached hydrogens (tertiary/aromatic N) is 6. The number of halogens is 4. The van der Waals surface area contributed by atoms with Crippen LogP contribution in [0, 0.1) is 5.82 Å². The van der Waals surface area contributed by atoms with Crippen molar-refractivity contribution in [3.63, 3.8) is 0 Å². The minimum Gasteiger partial charge on any atom is -0.444 e. The maximum Gasteiger partial charge on any atom is 0.470 e. The van der Waals surface area contributed by atoms with Gasteiger partial charge in [0.1, 0.15) is 11.4 Å². The number of hydrogen-bond acceptors (Lipinski definition) is 6. The molecule has 3 amide bonds. The fourth-order valence-corrected chi connectivity index (χ4v) is 4.52. The van der Waals surface area contributed by atoms with E-state index in [1.165, 1.54) is 29.2 Å². The number of aromatic nitrogens is 3. The number of hydrogen-bond donors (Lipinski definition) is 0. The van der Waals surface area contributed by atoms with Gasteiger partial charge in [-0.1, -0.05) is 6.07 Å². The first-order chi connectivity index (χ1) is 19.8. The second kappa shape index (κ2) is 11.0. The fourth-order valence-electron chi connectivity index (χ4n) is 4.52. The molecule has 4 heterocycles. The number of carbonyl (C=O) groups excluding carboxylic acids is 2. The maximum atomic E-state index is 14.2. The van der Waals surface area contributed by atoms with E-state index in [4.69, 9.17) is 9.15 Å². The van der Waals surface area contributed by atoms with Gasteiger partial charge in [-0.15, -0.1) is 10.2 Å². The summed E-state index contributed by atoms with van der Waals surface area (Å²) in [4.78, 5) is 30.8. The number of ether oxygens (including phenoxy) is 1. The van der Waals surface area contributed by atoms with E-state index in [9.17, 15) is 27.2 Å². The first kappa shape index (κ1) is 28.9. The van der Waals surface area contributed by atoms with Crippen LogP contribution in [-0.2, 0) is 17.5 Å². The van der Waals surface area contributed by atoms with Crippen molar-refractivity contribution < 1.29 is 36.3 Å². The molecule has 1 aromatic carbocycles. The topological polar surface area (TPSA) is 96.4 Å². The molecule has 0 spiro atoms. The van der Waals surface area contributed by atoms with Crippen molar-refractivity contribution in [2.24, 2.45) is 0 Å². The summed E-state index contributed by atoms with van der Waals surface area (Å²) in [5.74, 6) is -2.23. The normalized spacial score (nSPS) is 14.4. The molecular formula is C28H28F4N6O4. The minimum atomic E-state index is -4.76. The minimum absolute atomic E-state index is 0.0738. The standard InChI is InChI=1S/C28H28F4N6O4/c1-27(2,3)42-26(40)36-11-9-35(10-12-36)25(39)38(21-6-4-5-20(29)15-21)17-18-13-22-14-19(7-8-37(22)16-18)23-33-34-24(41-23)28(30,31)32/h4-8,13-16H,9-12,17H2,1-3H3. The highest BCUT2D eigenvalue weighted by Gasteiger charge is 2.38. The maximum absolute atomic E-state index is 14.2. The van der Waals surface area contributed by atoms with Gasteiger partial charge in [0, 0.05) is 55.3 Å². The van der Waals surface area contributed by atoms with Crippen LogP contribution in [0.25, 0.3) is 17.0 Å². The highest BCUT2D eigenvalue weighted by molar-refractivity contribution is 5.92. The quantitative estimate of drug-likeness (QED) is 0.279. The van der Waals surface area contributed by atoms with Crippen molar-refractivity contribution in [2.75, 3.05) is 31.1 Å². The molecule has 10 nitrogen and oxygen atoms in total. The van der Waals surface area contributed by atoms with Crippen molar-refractivity contribution in [1.82, 2.24) is 24.4 Å². The predicted molar refractivity (Wildman–Crippen MR) is 143 cm³/mol. The summed E-state index contributed by atoms with van der Waals surface area (Å²) in [6.45, 7) is 6.49. The summed E-state index contributed by atoms with van der Waals surface area (Å²) in [5, 5.41) is 6.57. The Hall–Kier alpha value is -4.62. The molecule has 1 fully saturated rings. The van der Waals surface area contributed by atoms with E-state index in [0.717, 1.165) is 0 Å². The molecule has 14 heteroatoms. The van der Waals surface area contributed by atoms with Crippen LogP contribution in [0.5, 0.6) is 0 Å². The Morgan fingerprint density at radius 3 is 2.36 bits per heavy atom. The molecular weight excluding hydrogens is 560 g/mol. The van der Waals surface area contributed by atoms with E-state index >= 15 is 0 Å². The van der Waals surface area contributed by atoms with Crippen LogP contribution in [0.3, 0.4) is 0 Å². The molecule has 0 saturated carbocycles. The van der Waals surface area contributed by atoms with Gasteiger partial charge < -0.3 is 23.4 Å². The number of fused-ring (bicyclic) bond motifs is 1. The summed E-state index contributed by atoms with van der Waals surface area (Å²) in [5.41, 5.74) is 1.27. The molecule has 0 N–H and O–H groups in total. The van der Waals surface area contributed by atoms with Crippen molar-refractivity contribution in [3.8, 4) is 11.5 Å². The Morgan fingerprint density at radius 1 is 1.00 bits per heavy atom. The monoisotopic (exact) mass is 588 g/mol. The van der Waals surface area contributed by atoms with Gasteiger partial charge in [0.2, 0.25) is 5.89 Å². The molecule has 4 aromatic rings. The third kappa shape index (κ3) is 6.47. The lowest BCUT2D eigenvalue weighted by Gasteiger charge is -2.38. The second-order valence-electron chi connectivity index (χ2n) is 10.8. The van der Waals surface area contributed by atoms with Crippen LogP contribution >= 0.6 is 0 Å². The molecule has 0 bridgehead atoms. The number of piperazine rings is 1. The summed E-state index contributed by atoms with van der Waals surface area (Å²) in [7, 11) is 0. The summed E-state index contributed by atoms with van der Waals surface area (Å²) < 4.78 is 64.8. The van der Waals surface area contributed by atoms with Crippen LogP contribution in [0.1, 0.15) is 32.2 Å². The van der Waals surface area contributed by atoms with Gasteiger partial charge >= 0.3 is 24.2 Å². The first-order valence-corrected chi connectivity index (χ1v) is 13.1. The molecule has 5 rings (SSSR count). The van der Waals surface area contributed by atoms with E-state index < -0.39 is 29.6 Å². The smallest absolute Gasteiger partial charge is 0.444 e. The molecule has 42 heavy (non-hydrogen) atoms. The highest BCUT2D eigenvalue weighted by atomic mass is 19.4. The number of benzene rings is 1. The van der Waals surface area contributed by atoms with Gasteiger partial charge in [0.25, 0.3) is 0 Å². The number of rotatable bonds is 4. The zero-order chi connectivity index (χ0) is 30.2. The largest absolute Gasteiger partial charge is 0.470 e. The second-order valence-corrected chi connectivity index (χ2v) is 10.8. The van der Waals surface area contributed by atoms with Crippen LogP contribution in [-0.4, -0.2) is 68.3 Å².